The van der Waals surface area contributed by atoms with Crippen molar-refractivity contribution in [2.24, 2.45) is 15.7 Å². The van der Waals surface area contributed by atoms with Gasteiger partial charge in [0.2, 0.25) is 0 Å². The highest BCUT2D eigenvalue weighted by atomic mass is 35.5. The van der Waals surface area contributed by atoms with Gasteiger partial charge in [0.15, 0.2) is 0 Å². The smallest absolute Gasteiger partial charge is 0.254 e. The molecule has 1 aliphatic carbocycles. The number of nitrogens with one attached hydrogen (secondary N) is 3. The average molecular weight is 669 g/mol. The Labute approximate surface area is 276 Å². The molecule has 1 heterocycles. The van der Waals surface area contributed by atoms with Crippen molar-refractivity contribution in [2.75, 3.05) is 13.7 Å². The standard InChI is InChI=1S/C20H19Cl3N6O2.C10H11NO.C2H2/c1-10(24)26-9-27-11-5-13(22)19(14(23)6-11)20(30)25-4-3-18-28-15-7-12(21)17(31-2)8-16(15)29-18;12-10(11-9-6-7-9)8-4-2-1-3-5-8;1-2/h5-9H,3-4H2,1-2H3,(H,25,30)(H,28,29)(H2,24,26,27);1-5,9H,6-7H2,(H,11,12);1-2H. The van der Waals surface area contributed by atoms with E-state index in [1.165, 1.54) is 18.5 Å². The zero-order valence-electron chi connectivity index (χ0n) is 24.6. The number of carbonyl (C=O) groups excluding carboxylic acids is 2. The number of aromatic amines is 1. The average Bonchev–Trinajstić information content (AvgIpc) is 3.75. The highest BCUT2D eigenvalue weighted by Crippen LogP contribution is 2.31. The molecule has 3 aromatic carbocycles. The first-order chi connectivity index (χ1) is 21.6. The molecule has 1 fully saturated rings. The van der Waals surface area contributed by atoms with Crippen LogP contribution < -0.4 is 21.1 Å². The lowest BCUT2D eigenvalue weighted by molar-refractivity contribution is 0.0944. The van der Waals surface area contributed by atoms with Gasteiger partial charge in [-0.05, 0) is 50.1 Å². The topological polar surface area (TPSA) is 147 Å². The number of fused-ring (bicyclic) bond motifs is 1. The molecule has 45 heavy (non-hydrogen) atoms. The number of ether oxygens (including phenoxy) is 1. The van der Waals surface area contributed by atoms with Crippen LogP contribution >= 0.6 is 34.8 Å². The summed E-state index contributed by atoms with van der Waals surface area (Å²) in [5.41, 5.74) is 8.32. The first-order valence-corrected chi connectivity index (χ1v) is 14.8. The lowest BCUT2D eigenvalue weighted by Gasteiger charge is -2.09. The quantitative estimate of drug-likeness (QED) is 0.0930. The minimum absolute atomic E-state index is 0.0538. The molecular weight excluding hydrogens is 637 g/mol. The predicted molar refractivity (Wildman–Crippen MR) is 182 cm³/mol. The van der Waals surface area contributed by atoms with E-state index in [9.17, 15) is 9.59 Å². The van der Waals surface area contributed by atoms with Crippen LogP contribution in [0.2, 0.25) is 15.1 Å². The van der Waals surface area contributed by atoms with Gasteiger partial charge in [-0.1, -0.05) is 53.0 Å². The summed E-state index contributed by atoms with van der Waals surface area (Å²) in [5, 5.41) is 6.56. The van der Waals surface area contributed by atoms with Crippen LogP contribution in [0.25, 0.3) is 11.0 Å². The molecule has 2 amide bonds. The van der Waals surface area contributed by atoms with E-state index in [4.69, 9.17) is 45.3 Å². The van der Waals surface area contributed by atoms with E-state index in [0.717, 1.165) is 29.4 Å². The summed E-state index contributed by atoms with van der Waals surface area (Å²) in [6.07, 6.45) is 12.0. The molecule has 5 rings (SSSR count). The van der Waals surface area contributed by atoms with Crippen LogP contribution in [0.5, 0.6) is 5.75 Å². The highest BCUT2D eigenvalue weighted by Gasteiger charge is 2.23. The molecule has 1 aliphatic rings. The summed E-state index contributed by atoms with van der Waals surface area (Å²) in [6, 6.07) is 16.3. The minimum atomic E-state index is -0.401. The van der Waals surface area contributed by atoms with Crippen molar-refractivity contribution in [3.05, 3.63) is 86.6 Å². The van der Waals surface area contributed by atoms with E-state index < -0.39 is 5.91 Å². The van der Waals surface area contributed by atoms with E-state index >= 15 is 0 Å². The molecule has 0 bridgehead atoms. The molecule has 0 unspecified atom stereocenters. The number of methoxy groups -OCH3 is 1. The lowest BCUT2D eigenvalue weighted by Crippen LogP contribution is -2.26. The van der Waals surface area contributed by atoms with Gasteiger partial charge in [-0.3, -0.25) is 9.59 Å². The van der Waals surface area contributed by atoms with Crippen LogP contribution in [-0.4, -0.2) is 53.7 Å². The third-order valence-corrected chi connectivity index (χ3v) is 7.01. The number of H-pyrrole nitrogens is 1. The van der Waals surface area contributed by atoms with Crippen molar-refractivity contribution in [2.45, 2.75) is 32.2 Å². The van der Waals surface area contributed by atoms with Gasteiger partial charge in [0.1, 0.15) is 17.9 Å². The van der Waals surface area contributed by atoms with Gasteiger partial charge in [0.25, 0.3) is 11.8 Å². The van der Waals surface area contributed by atoms with Gasteiger partial charge in [0.05, 0.1) is 50.3 Å². The second-order valence-corrected chi connectivity index (χ2v) is 10.8. The van der Waals surface area contributed by atoms with E-state index in [2.05, 4.69) is 43.4 Å². The third kappa shape index (κ3) is 10.5. The molecular formula is C32H32Cl3N7O3. The van der Waals surface area contributed by atoms with Crippen molar-refractivity contribution in [1.82, 2.24) is 20.6 Å². The fourth-order valence-electron chi connectivity index (χ4n) is 3.85. The Balaban J connectivity index is 0.000000326. The maximum absolute atomic E-state index is 12.6. The summed E-state index contributed by atoms with van der Waals surface area (Å²) >= 11 is 18.6. The normalized spacial score (nSPS) is 12.5. The molecule has 4 aromatic rings. The molecule has 1 saturated carbocycles. The van der Waals surface area contributed by atoms with Gasteiger partial charge in [-0.25, -0.2) is 15.0 Å². The molecule has 0 saturated heterocycles. The summed E-state index contributed by atoms with van der Waals surface area (Å²) in [7, 11) is 1.54. The Morgan fingerprint density at radius 3 is 2.33 bits per heavy atom. The molecule has 13 heteroatoms. The zero-order chi connectivity index (χ0) is 32.9. The number of benzene rings is 3. The van der Waals surface area contributed by atoms with Crippen LogP contribution in [0, 0.1) is 12.8 Å². The summed E-state index contributed by atoms with van der Waals surface area (Å²) in [6.45, 7) is 1.96. The first-order valence-electron chi connectivity index (χ1n) is 13.7. The molecule has 1 aromatic heterocycles. The second-order valence-electron chi connectivity index (χ2n) is 9.61. The Morgan fingerprint density at radius 2 is 1.73 bits per heavy atom. The maximum Gasteiger partial charge on any atom is 0.254 e. The second kappa shape index (κ2) is 17.1. The highest BCUT2D eigenvalue weighted by molar-refractivity contribution is 6.40. The number of hydrogen-bond donors (Lipinski definition) is 4. The number of rotatable bonds is 9. The molecule has 0 atom stereocenters. The number of halogens is 3. The Hall–Kier alpha value is -4.56. The number of carbonyl (C=O) groups is 2. The van der Waals surface area contributed by atoms with E-state index in [1.807, 2.05) is 30.3 Å². The molecule has 0 aliphatic heterocycles. The van der Waals surface area contributed by atoms with Gasteiger partial charge in [-0.2, -0.15) is 0 Å². The number of aliphatic imine (C=N–C) groups is 2. The number of hydrogen-bond acceptors (Lipinski definition) is 5. The van der Waals surface area contributed by atoms with E-state index in [1.54, 1.807) is 26.2 Å². The van der Waals surface area contributed by atoms with Gasteiger partial charge in [-0.15, -0.1) is 12.8 Å². The van der Waals surface area contributed by atoms with Crippen LogP contribution in [0.4, 0.5) is 5.69 Å². The fraction of sp³-hybridized carbons (Fsp3) is 0.219. The van der Waals surface area contributed by atoms with Gasteiger partial charge >= 0.3 is 0 Å². The van der Waals surface area contributed by atoms with Crippen molar-refractivity contribution >= 4 is 75.5 Å². The van der Waals surface area contributed by atoms with Gasteiger partial charge in [0, 0.05) is 30.6 Å². The Morgan fingerprint density at radius 1 is 1.07 bits per heavy atom. The zero-order valence-corrected chi connectivity index (χ0v) is 26.9. The van der Waals surface area contributed by atoms with E-state index in [0.29, 0.717) is 47.1 Å². The molecule has 0 spiro atoms. The predicted octanol–water partition coefficient (Wildman–Crippen LogP) is 6.37. The van der Waals surface area contributed by atoms with Crippen LogP contribution in [0.1, 0.15) is 46.3 Å². The SMILES string of the molecule is C#C.COc1cc2nc(CCNC(=O)c3c(Cl)cc(N=CN=C(C)N)cc3Cl)[nH]c2cc1Cl.O=C(NC1CC1)c1ccccc1. The van der Waals surface area contributed by atoms with Crippen LogP contribution in [0.3, 0.4) is 0 Å². The third-order valence-electron chi connectivity index (χ3n) is 6.12. The summed E-state index contributed by atoms with van der Waals surface area (Å²) in [4.78, 5) is 39.5. The van der Waals surface area contributed by atoms with Crippen LogP contribution in [-0.2, 0) is 6.42 Å². The van der Waals surface area contributed by atoms with Crippen molar-refractivity contribution < 1.29 is 14.3 Å². The molecule has 5 N–H and O–H groups in total. The Kier molecular flexibility index (Phi) is 13.2. The monoisotopic (exact) mass is 667 g/mol. The number of imidazole rings is 1. The van der Waals surface area contributed by atoms with Crippen molar-refractivity contribution in [3.63, 3.8) is 0 Å². The molecule has 10 nitrogen and oxygen atoms in total. The lowest BCUT2D eigenvalue weighted by atomic mass is 10.2. The molecule has 0 radical (unpaired) electrons. The van der Waals surface area contributed by atoms with Crippen molar-refractivity contribution in [3.8, 4) is 18.6 Å². The Bertz CT molecular complexity index is 1690. The summed E-state index contributed by atoms with van der Waals surface area (Å²) in [5.74, 6) is 1.25. The maximum atomic E-state index is 12.6. The van der Waals surface area contributed by atoms with Crippen LogP contribution in [0.15, 0.2) is 64.6 Å². The van der Waals surface area contributed by atoms with E-state index in [-0.39, 0.29) is 21.5 Å². The number of nitrogens with two attached hydrogens (primary N) is 1. The van der Waals surface area contributed by atoms with Gasteiger partial charge < -0.3 is 26.1 Å². The fourth-order valence-corrected chi connectivity index (χ4v) is 4.73. The number of amides is 2. The number of terminal acetylenes is 1. The first kappa shape index (κ1) is 34.9. The number of aromatic nitrogens is 2. The largest absolute Gasteiger partial charge is 0.495 e. The number of nitrogens with zero attached hydrogens (tertiary/aromatic N) is 3. The molecule has 234 valence electrons. The minimum Gasteiger partial charge on any atom is -0.495 e. The van der Waals surface area contributed by atoms with Crippen molar-refractivity contribution in [1.29, 1.82) is 0 Å². The number of amidine groups is 1. The summed E-state index contributed by atoms with van der Waals surface area (Å²) < 4.78 is 5.20.